The summed E-state index contributed by atoms with van der Waals surface area (Å²) in [6, 6.07) is 6.12. The first-order valence-electron chi connectivity index (χ1n) is 6.46. The van der Waals surface area contributed by atoms with Gasteiger partial charge in [0.1, 0.15) is 0 Å². The summed E-state index contributed by atoms with van der Waals surface area (Å²) in [6.45, 7) is 5.45. The second kappa shape index (κ2) is 6.81. The Labute approximate surface area is 118 Å². The first-order valence-corrected chi connectivity index (χ1v) is 6.46. The van der Waals surface area contributed by atoms with E-state index in [0.717, 1.165) is 5.69 Å². The van der Waals surface area contributed by atoms with Gasteiger partial charge >= 0.3 is 0 Å². The molecule has 0 atom stereocenters. The molecule has 1 heterocycles. The zero-order valence-corrected chi connectivity index (χ0v) is 12.0. The molecule has 0 aliphatic heterocycles. The number of nitrogens with zero attached hydrogens (tertiary/aromatic N) is 3. The van der Waals surface area contributed by atoms with E-state index in [1.165, 1.54) is 11.1 Å². The number of benzene rings is 1. The summed E-state index contributed by atoms with van der Waals surface area (Å²) < 4.78 is 4.97. The van der Waals surface area contributed by atoms with Gasteiger partial charge in [-0.2, -0.15) is 10.1 Å². The SMILES string of the molecule is COCCNc1cnnc(Nc2ccc(C)c(C)c2)n1. The summed E-state index contributed by atoms with van der Waals surface area (Å²) in [6.07, 6.45) is 1.58. The lowest BCUT2D eigenvalue weighted by Crippen LogP contribution is -2.10. The highest BCUT2D eigenvalue weighted by Gasteiger charge is 2.02. The van der Waals surface area contributed by atoms with Crippen LogP contribution in [0.1, 0.15) is 11.1 Å². The van der Waals surface area contributed by atoms with Crippen LogP contribution >= 0.6 is 0 Å². The van der Waals surface area contributed by atoms with Crippen LogP contribution in [0.4, 0.5) is 17.5 Å². The van der Waals surface area contributed by atoms with Gasteiger partial charge in [0.25, 0.3) is 0 Å². The van der Waals surface area contributed by atoms with E-state index in [-0.39, 0.29) is 0 Å². The topological polar surface area (TPSA) is 72.0 Å². The van der Waals surface area contributed by atoms with E-state index in [0.29, 0.717) is 24.9 Å². The average molecular weight is 273 g/mol. The number of aromatic nitrogens is 3. The minimum Gasteiger partial charge on any atom is -0.383 e. The predicted octanol–water partition coefficient (Wildman–Crippen LogP) is 2.29. The molecule has 0 aliphatic rings. The number of anilines is 3. The summed E-state index contributed by atoms with van der Waals surface area (Å²) in [5, 5.41) is 14.2. The second-order valence-electron chi connectivity index (χ2n) is 4.51. The maximum Gasteiger partial charge on any atom is 0.249 e. The smallest absolute Gasteiger partial charge is 0.249 e. The van der Waals surface area contributed by atoms with E-state index < -0.39 is 0 Å². The Morgan fingerprint density at radius 3 is 2.80 bits per heavy atom. The second-order valence-corrected chi connectivity index (χ2v) is 4.51. The van der Waals surface area contributed by atoms with Crippen molar-refractivity contribution in [2.45, 2.75) is 13.8 Å². The van der Waals surface area contributed by atoms with Gasteiger partial charge in [-0.25, -0.2) is 0 Å². The standard InChI is InChI=1S/C14H19N5O/c1-10-4-5-12(8-11(10)2)17-14-18-13(9-16-19-14)15-6-7-20-3/h4-5,8-9H,6-7H2,1-3H3,(H2,15,17,18,19). The molecule has 0 aliphatic carbocycles. The normalized spacial score (nSPS) is 10.3. The van der Waals surface area contributed by atoms with Crippen LogP contribution in [0, 0.1) is 13.8 Å². The van der Waals surface area contributed by atoms with E-state index in [1.54, 1.807) is 13.3 Å². The average Bonchev–Trinajstić information content (AvgIpc) is 2.44. The number of aryl methyl sites for hydroxylation is 2. The van der Waals surface area contributed by atoms with Crippen LogP contribution in [0.5, 0.6) is 0 Å². The molecule has 1 aromatic carbocycles. The van der Waals surface area contributed by atoms with Crippen molar-refractivity contribution < 1.29 is 4.74 Å². The van der Waals surface area contributed by atoms with Gasteiger partial charge in [-0.05, 0) is 37.1 Å². The van der Waals surface area contributed by atoms with Gasteiger partial charge in [-0.3, -0.25) is 0 Å². The lowest BCUT2D eigenvalue weighted by Gasteiger charge is -2.08. The minimum absolute atomic E-state index is 0.468. The van der Waals surface area contributed by atoms with Crippen molar-refractivity contribution in [1.82, 2.24) is 15.2 Å². The Hall–Kier alpha value is -2.21. The Morgan fingerprint density at radius 1 is 1.20 bits per heavy atom. The highest BCUT2D eigenvalue weighted by atomic mass is 16.5. The number of ether oxygens (including phenoxy) is 1. The molecule has 0 unspecified atom stereocenters. The molecule has 2 aromatic rings. The van der Waals surface area contributed by atoms with Crippen molar-refractivity contribution in [3.8, 4) is 0 Å². The number of nitrogens with one attached hydrogen (secondary N) is 2. The largest absolute Gasteiger partial charge is 0.383 e. The van der Waals surface area contributed by atoms with Crippen LogP contribution in [0.25, 0.3) is 0 Å². The third kappa shape index (κ3) is 3.89. The van der Waals surface area contributed by atoms with Crippen LogP contribution in [0.2, 0.25) is 0 Å². The molecular weight excluding hydrogens is 254 g/mol. The number of methoxy groups -OCH3 is 1. The molecular formula is C14H19N5O. The minimum atomic E-state index is 0.468. The van der Waals surface area contributed by atoms with Crippen molar-refractivity contribution in [3.63, 3.8) is 0 Å². The van der Waals surface area contributed by atoms with Crippen molar-refractivity contribution >= 4 is 17.5 Å². The zero-order chi connectivity index (χ0) is 14.4. The molecule has 6 nitrogen and oxygen atoms in total. The first kappa shape index (κ1) is 14.2. The van der Waals surface area contributed by atoms with Crippen LogP contribution in [-0.4, -0.2) is 35.4 Å². The van der Waals surface area contributed by atoms with Gasteiger partial charge in [0.05, 0.1) is 12.8 Å². The Bertz CT molecular complexity index is 573. The van der Waals surface area contributed by atoms with Gasteiger partial charge in [-0.15, -0.1) is 5.10 Å². The van der Waals surface area contributed by atoms with E-state index in [4.69, 9.17) is 4.74 Å². The highest BCUT2D eigenvalue weighted by Crippen LogP contribution is 2.17. The van der Waals surface area contributed by atoms with Crippen molar-refractivity contribution in [1.29, 1.82) is 0 Å². The van der Waals surface area contributed by atoms with Crippen LogP contribution in [-0.2, 0) is 4.74 Å². The summed E-state index contributed by atoms with van der Waals surface area (Å²) >= 11 is 0. The van der Waals surface area contributed by atoms with E-state index in [9.17, 15) is 0 Å². The summed E-state index contributed by atoms with van der Waals surface area (Å²) in [7, 11) is 1.66. The van der Waals surface area contributed by atoms with E-state index in [1.807, 2.05) is 6.07 Å². The monoisotopic (exact) mass is 273 g/mol. The van der Waals surface area contributed by atoms with Gasteiger partial charge in [0.15, 0.2) is 5.82 Å². The van der Waals surface area contributed by atoms with Gasteiger partial charge < -0.3 is 15.4 Å². The summed E-state index contributed by atoms with van der Waals surface area (Å²) in [5.74, 6) is 1.14. The summed E-state index contributed by atoms with van der Waals surface area (Å²) in [5.41, 5.74) is 3.42. The molecule has 0 bridgehead atoms. The van der Waals surface area contributed by atoms with Crippen molar-refractivity contribution in [2.24, 2.45) is 0 Å². The zero-order valence-electron chi connectivity index (χ0n) is 12.0. The molecule has 0 saturated carbocycles. The molecule has 0 saturated heterocycles. The fourth-order valence-corrected chi connectivity index (χ4v) is 1.67. The molecule has 0 amide bonds. The molecule has 1 aromatic heterocycles. The molecule has 0 spiro atoms. The number of hydrogen-bond acceptors (Lipinski definition) is 6. The van der Waals surface area contributed by atoms with Crippen LogP contribution in [0.3, 0.4) is 0 Å². The Balaban J connectivity index is 2.05. The van der Waals surface area contributed by atoms with E-state index in [2.05, 4.69) is 51.8 Å². The first-order chi connectivity index (χ1) is 9.69. The lowest BCUT2D eigenvalue weighted by molar-refractivity contribution is 0.210. The molecule has 0 radical (unpaired) electrons. The quantitative estimate of drug-likeness (QED) is 0.787. The third-order valence-electron chi connectivity index (χ3n) is 2.93. The predicted molar refractivity (Wildman–Crippen MR) is 79.4 cm³/mol. The third-order valence-corrected chi connectivity index (χ3v) is 2.93. The molecule has 6 heteroatoms. The maximum atomic E-state index is 4.97. The van der Waals surface area contributed by atoms with Crippen LogP contribution in [0.15, 0.2) is 24.4 Å². The summed E-state index contributed by atoms with van der Waals surface area (Å²) in [4.78, 5) is 4.34. The molecule has 2 N–H and O–H groups in total. The van der Waals surface area contributed by atoms with Crippen LogP contribution < -0.4 is 10.6 Å². The number of hydrogen-bond donors (Lipinski definition) is 2. The van der Waals surface area contributed by atoms with Crippen molar-refractivity contribution in [2.75, 3.05) is 30.9 Å². The Morgan fingerprint density at radius 2 is 2.05 bits per heavy atom. The molecule has 20 heavy (non-hydrogen) atoms. The maximum absolute atomic E-state index is 4.97. The highest BCUT2D eigenvalue weighted by molar-refractivity contribution is 5.56. The molecule has 106 valence electrons. The fraction of sp³-hybridized carbons (Fsp3) is 0.357. The fourth-order valence-electron chi connectivity index (χ4n) is 1.67. The number of rotatable bonds is 6. The molecule has 2 rings (SSSR count). The Kier molecular flexibility index (Phi) is 4.84. The van der Waals surface area contributed by atoms with Gasteiger partial charge in [0.2, 0.25) is 5.95 Å². The van der Waals surface area contributed by atoms with Crippen molar-refractivity contribution in [3.05, 3.63) is 35.5 Å². The molecule has 0 fully saturated rings. The van der Waals surface area contributed by atoms with Gasteiger partial charge in [0, 0.05) is 19.3 Å². The lowest BCUT2D eigenvalue weighted by atomic mass is 10.1. The van der Waals surface area contributed by atoms with Gasteiger partial charge in [-0.1, -0.05) is 6.07 Å². The van der Waals surface area contributed by atoms with E-state index >= 15 is 0 Å².